The second-order valence-electron chi connectivity index (χ2n) is 11.6. The maximum atomic E-state index is 13.4. The van der Waals surface area contributed by atoms with E-state index in [-0.39, 0.29) is 29.1 Å². The molecule has 2 aliphatic carbocycles. The van der Waals surface area contributed by atoms with E-state index in [2.05, 4.69) is 10.1 Å². The molecule has 2 aromatic carbocycles. The standard InChI is InChI=1S/C33H30F3N3O7S/c1-45-29-19(11-12-20-27(29)39(17-7-8-17)15-22(28(20)41)31(43)46-32(44)33(34,35)36)26-14-21-24(3-2-4-25(21)47-26)38-30(42)23(37)13-16-5-9-18(40)10-6-16/h5-6,9-12,14-15,17,23-24,40H,2-4,7-8,13,37H2,1H3,(H,38,42)/t23-,24?/m1/s1. The van der Waals surface area contributed by atoms with Crippen LogP contribution in [0.2, 0.25) is 0 Å². The molecule has 4 N–H and O–H groups in total. The zero-order valence-electron chi connectivity index (χ0n) is 25.1. The molecular formula is C33H30F3N3O7S. The third-order valence-electron chi connectivity index (χ3n) is 8.35. The van der Waals surface area contributed by atoms with Crippen molar-refractivity contribution >= 4 is 40.1 Å². The van der Waals surface area contributed by atoms with Gasteiger partial charge in [-0.25, -0.2) is 9.59 Å². The minimum Gasteiger partial charge on any atom is -0.508 e. The molecule has 2 atom stereocenters. The predicted molar refractivity (Wildman–Crippen MR) is 166 cm³/mol. The summed E-state index contributed by atoms with van der Waals surface area (Å²) >= 11 is 1.53. The molecule has 2 aliphatic rings. The summed E-state index contributed by atoms with van der Waals surface area (Å²) in [4.78, 5) is 52.2. The van der Waals surface area contributed by atoms with E-state index in [0.717, 1.165) is 39.9 Å². The lowest BCUT2D eigenvalue weighted by Crippen LogP contribution is -2.44. The molecule has 6 rings (SSSR count). The molecule has 246 valence electrons. The molecule has 14 heteroatoms. The van der Waals surface area contributed by atoms with E-state index in [1.165, 1.54) is 24.5 Å². The average molecular weight is 670 g/mol. The zero-order valence-corrected chi connectivity index (χ0v) is 25.9. The van der Waals surface area contributed by atoms with Gasteiger partial charge in [-0.1, -0.05) is 12.1 Å². The summed E-state index contributed by atoms with van der Waals surface area (Å²) in [6, 6.07) is 10.4. The van der Waals surface area contributed by atoms with Crippen LogP contribution in [0, 0.1) is 0 Å². The number of ether oxygens (including phenoxy) is 2. The van der Waals surface area contributed by atoms with Gasteiger partial charge in [0.25, 0.3) is 0 Å². The number of nitrogens with one attached hydrogen (secondary N) is 1. The molecule has 0 bridgehead atoms. The molecule has 0 aliphatic heterocycles. The second kappa shape index (κ2) is 12.5. The number of nitrogens with two attached hydrogens (primary N) is 1. The van der Waals surface area contributed by atoms with Crippen LogP contribution in [0.4, 0.5) is 13.2 Å². The van der Waals surface area contributed by atoms with E-state index in [0.29, 0.717) is 42.5 Å². The second-order valence-corrected chi connectivity index (χ2v) is 12.8. The third-order valence-corrected chi connectivity index (χ3v) is 9.60. The van der Waals surface area contributed by atoms with Gasteiger partial charge in [0, 0.05) is 27.6 Å². The van der Waals surface area contributed by atoms with Crippen LogP contribution in [0.3, 0.4) is 0 Å². The van der Waals surface area contributed by atoms with Crippen molar-refractivity contribution in [3.05, 3.63) is 80.5 Å². The number of phenols is 1. The van der Waals surface area contributed by atoms with Crippen LogP contribution in [0.15, 0.2) is 53.5 Å². The third kappa shape index (κ3) is 6.47. The van der Waals surface area contributed by atoms with Crippen LogP contribution in [-0.2, 0) is 27.2 Å². The zero-order chi connectivity index (χ0) is 33.6. The van der Waals surface area contributed by atoms with Gasteiger partial charge in [0.1, 0.15) is 11.3 Å². The number of carbonyl (C=O) groups is 3. The number of aromatic nitrogens is 1. The van der Waals surface area contributed by atoms with Crippen LogP contribution in [-0.4, -0.2) is 46.8 Å². The number of fused-ring (bicyclic) bond motifs is 2. The van der Waals surface area contributed by atoms with Crippen LogP contribution < -0.4 is 21.2 Å². The molecular weight excluding hydrogens is 639 g/mol. The first kappa shape index (κ1) is 32.3. The summed E-state index contributed by atoms with van der Waals surface area (Å²) in [5.41, 5.74) is 7.45. The number of amides is 1. The quantitative estimate of drug-likeness (QED) is 0.174. The van der Waals surface area contributed by atoms with E-state index < -0.39 is 35.1 Å². The minimum absolute atomic E-state index is 0.0282. The lowest BCUT2D eigenvalue weighted by atomic mass is 9.92. The van der Waals surface area contributed by atoms with Crippen molar-refractivity contribution in [2.45, 2.75) is 62.8 Å². The molecule has 10 nitrogen and oxygen atoms in total. The Balaban J connectivity index is 1.32. The van der Waals surface area contributed by atoms with Crippen LogP contribution in [0.25, 0.3) is 21.3 Å². The Morgan fingerprint density at radius 3 is 2.51 bits per heavy atom. The Labute approximate surface area is 269 Å². The number of esters is 2. The molecule has 1 fully saturated rings. The van der Waals surface area contributed by atoms with Crippen molar-refractivity contribution in [3.63, 3.8) is 0 Å². The fourth-order valence-electron chi connectivity index (χ4n) is 5.90. The van der Waals surface area contributed by atoms with Crippen LogP contribution >= 0.6 is 11.3 Å². The monoisotopic (exact) mass is 669 g/mol. The molecule has 1 saturated carbocycles. The number of thiophene rings is 1. The van der Waals surface area contributed by atoms with E-state index in [4.69, 9.17) is 10.5 Å². The van der Waals surface area contributed by atoms with Crippen molar-refractivity contribution in [2.75, 3.05) is 7.11 Å². The summed E-state index contributed by atoms with van der Waals surface area (Å²) in [7, 11) is 1.44. The highest BCUT2D eigenvalue weighted by molar-refractivity contribution is 7.15. The summed E-state index contributed by atoms with van der Waals surface area (Å²) in [6.45, 7) is 0. The predicted octanol–water partition coefficient (Wildman–Crippen LogP) is 5.09. The van der Waals surface area contributed by atoms with E-state index in [9.17, 15) is 37.5 Å². The molecule has 1 amide bonds. The number of phenolic OH excluding ortho intramolecular Hbond substituents is 1. The van der Waals surface area contributed by atoms with Gasteiger partial charge in [-0.15, -0.1) is 11.3 Å². The maximum Gasteiger partial charge on any atom is 0.491 e. The number of methoxy groups -OCH3 is 1. The van der Waals surface area contributed by atoms with Gasteiger partial charge in [0.15, 0.2) is 5.75 Å². The van der Waals surface area contributed by atoms with Gasteiger partial charge in [-0.3, -0.25) is 9.59 Å². The van der Waals surface area contributed by atoms with E-state index >= 15 is 0 Å². The summed E-state index contributed by atoms with van der Waals surface area (Å²) in [5.74, 6) is -4.22. The molecule has 2 aromatic heterocycles. The molecule has 2 heterocycles. The summed E-state index contributed by atoms with van der Waals surface area (Å²) < 4.78 is 49.7. The molecule has 0 radical (unpaired) electrons. The molecule has 1 unspecified atom stereocenters. The summed E-state index contributed by atoms with van der Waals surface area (Å²) in [6.07, 6.45) is -0.208. The Morgan fingerprint density at radius 1 is 1.13 bits per heavy atom. The molecule has 0 spiro atoms. The van der Waals surface area contributed by atoms with E-state index in [1.54, 1.807) is 34.9 Å². The summed E-state index contributed by atoms with van der Waals surface area (Å²) in [5, 5.41) is 12.6. The van der Waals surface area contributed by atoms with Crippen molar-refractivity contribution in [1.29, 1.82) is 0 Å². The number of hydrogen-bond acceptors (Lipinski definition) is 9. The van der Waals surface area contributed by atoms with Crippen LogP contribution in [0.5, 0.6) is 11.5 Å². The highest BCUT2D eigenvalue weighted by atomic mass is 32.1. The highest BCUT2D eigenvalue weighted by Crippen LogP contribution is 2.46. The maximum absolute atomic E-state index is 13.4. The Morgan fingerprint density at radius 2 is 1.85 bits per heavy atom. The van der Waals surface area contributed by atoms with Gasteiger partial charge < -0.3 is 30.2 Å². The van der Waals surface area contributed by atoms with Crippen molar-refractivity contribution < 1.29 is 42.1 Å². The number of hydrogen-bond donors (Lipinski definition) is 3. The Bertz CT molecular complexity index is 1950. The Kier molecular flexibility index (Phi) is 8.57. The molecule has 0 saturated heterocycles. The lowest BCUT2D eigenvalue weighted by Gasteiger charge is -2.25. The van der Waals surface area contributed by atoms with Crippen molar-refractivity contribution in [3.8, 4) is 21.9 Å². The van der Waals surface area contributed by atoms with E-state index in [1.807, 2.05) is 6.07 Å². The number of halogens is 3. The average Bonchev–Trinajstić information content (AvgIpc) is 3.78. The molecule has 4 aromatic rings. The smallest absolute Gasteiger partial charge is 0.491 e. The number of aromatic hydroxyl groups is 1. The fourth-order valence-corrected chi connectivity index (χ4v) is 7.18. The number of nitrogens with zero attached hydrogens (tertiary/aromatic N) is 1. The van der Waals surface area contributed by atoms with Gasteiger partial charge in [-0.2, -0.15) is 13.2 Å². The normalized spacial score (nSPS) is 16.7. The number of benzene rings is 2. The van der Waals surface area contributed by atoms with Gasteiger partial charge >= 0.3 is 18.1 Å². The largest absolute Gasteiger partial charge is 0.508 e. The van der Waals surface area contributed by atoms with Crippen molar-refractivity contribution in [1.82, 2.24) is 9.88 Å². The SMILES string of the molecule is COc1c(-c2cc3c(s2)CCCC3NC(=O)[C@H](N)Cc2ccc(O)cc2)ccc2c(=O)c(C(=O)OC(=O)C(F)(F)F)cn(C3CC3)c12. The number of rotatable bonds is 8. The molecule has 47 heavy (non-hydrogen) atoms. The first-order chi connectivity index (χ1) is 22.3. The van der Waals surface area contributed by atoms with Crippen LogP contribution in [0.1, 0.15) is 64.1 Å². The first-order valence-corrected chi connectivity index (χ1v) is 15.7. The van der Waals surface area contributed by atoms with Gasteiger partial charge in [0.2, 0.25) is 11.3 Å². The number of pyridine rings is 1. The lowest BCUT2D eigenvalue weighted by molar-refractivity contribution is -0.193. The minimum atomic E-state index is -5.40. The van der Waals surface area contributed by atoms with Gasteiger partial charge in [0.05, 0.1) is 30.1 Å². The fraction of sp³-hybridized carbons (Fsp3) is 0.333. The topological polar surface area (TPSA) is 150 Å². The Hall–Kier alpha value is -4.69. The number of aryl methyl sites for hydroxylation is 1. The van der Waals surface area contributed by atoms with Gasteiger partial charge in [-0.05, 0) is 80.0 Å². The number of carbonyl (C=O) groups excluding carboxylic acids is 3. The first-order valence-electron chi connectivity index (χ1n) is 14.9. The highest BCUT2D eigenvalue weighted by Gasteiger charge is 2.43. The number of alkyl halides is 3. The van der Waals surface area contributed by atoms with Crippen molar-refractivity contribution in [2.24, 2.45) is 5.73 Å².